The van der Waals surface area contributed by atoms with Crippen LogP contribution in [0.1, 0.15) is 33.1 Å². The summed E-state index contributed by atoms with van der Waals surface area (Å²) in [7, 11) is -3.53. The van der Waals surface area contributed by atoms with Crippen molar-refractivity contribution in [3.8, 4) is 0 Å². The minimum absolute atomic E-state index is 0.0274. The van der Waals surface area contributed by atoms with Gasteiger partial charge in [0.1, 0.15) is 4.90 Å². The summed E-state index contributed by atoms with van der Waals surface area (Å²) < 4.78 is 26.9. The Morgan fingerprint density at radius 3 is 2.83 bits per heavy atom. The predicted molar refractivity (Wildman–Crippen MR) is 70.4 cm³/mol. The maximum absolute atomic E-state index is 12.6. The minimum Gasteiger partial charge on any atom is -0.398 e. The van der Waals surface area contributed by atoms with Gasteiger partial charge in [0.25, 0.3) is 0 Å². The van der Waals surface area contributed by atoms with Crippen molar-refractivity contribution in [1.82, 2.24) is 9.29 Å². The summed E-state index contributed by atoms with van der Waals surface area (Å²) in [5, 5.41) is 0. The van der Waals surface area contributed by atoms with E-state index in [4.69, 9.17) is 5.73 Å². The summed E-state index contributed by atoms with van der Waals surface area (Å²) >= 11 is 0. The molecule has 6 heteroatoms. The third-order valence-corrected chi connectivity index (χ3v) is 5.67. The molecule has 5 nitrogen and oxygen atoms in total. The van der Waals surface area contributed by atoms with Gasteiger partial charge in [-0.25, -0.2) is 8.42 Å². The van der Waals surface area contributed by atoms with Gasteiger partial charge in [0, 0.05) is 24.5 Å². The van der Waals surface area contributed by atoms with Crippen LogP contribution in [0.3, 0.4) is 0 Å². The monoisotopic (exact) mass is 269 g/mol. The van der Waals surface area contributed by atoms with Crippen LogP contribution in [0.4, 0.5) is 5.69 Å². The highest BCUT2D eigenvalue weighted by atomic mass is 32.2. The second-order valence-corrected chi connectivity index (χ2v) is 6.55. The molecule has 0 radical (unpaired) electrons. The third kappa shape index (κ3) is 2.10. The van der Waals surface area contributed by atoms with Gasteiger partial charge >= 0.3 is 0 Å². The second kappa shape index (κ2) is 4.85. The van der Waals surface area contributed by atoms with Gasteiger partial charge in [-0.2, -0.15) is 4.31 Å². The fraction of sp³-hybridized carbons (Fsp3) is 0.583. The van der Waals surface area contributed by atoms with Crippen LogP contribution in [0.5, 0.6) is 0 Å². The maximum atomic E-state index is 12.6. The summed E-state index contributed by atoms with van der Waals surface area (Å²) in [5.41, 5.74) is 6.02. The predicted octanol–water partition coefficient (Wildman–Crippen LogP) is 1.62. The van der Waals surface area contributed by atoms with Crippen LogP contribution in [-0.4, -0.2) is 29.8 Å². The Morgan fingerprint density at radius 2 is 2.22 bits per heavy atom. The van der Waals surface area contributed by atoms with Gasteiger partial charge < -0.3 is 5.73 Å². The average Bonchev–Trinajstić information content (AvgIpc) is 2.71. The minimum atomic E-state index is -3.53. The maximum Gasteiger partial charge on any atom is 0.247 e. The largest absolute Gasteiger partial charge is 0.398 e. The fourth-order valence-corrected chi connectivity index (χ4v) is 4.60. The van der Waals surface area contributed by atoms with E-state index < -0.39 is 10.0 Å². The molecule has 100 valence electrons. The summed E-state index contributed by atoms with van der Waals surface area (Å²) in [6.07, 6.45) is 5.47. The molecule has 1 aliphatic rings. The van der Waals surface area contributed by atoms with Crippen LogP contribution < -0.4 is 5.73 Å². The van der Waals surface area contributed by atoms with E-state index in [0.29, 0.717) is 0 Å². The zero-order valence-corrected chi connectivity index (χ0v) is 11.5. The molecule has 0 spiro atoms. The van der Waals surface area contributed by atoms with E-state index in [1.54, 1.807) is 4.31 Å². The first-order chi connectivity index (χ1) is 8.48. The molecule has 1 saturated heterocycles. The molecular formula is C12H19N3O2S. The smallest absolute Gasteiger partial charge is 0.247 e. The molecule has 18 heavy (non-hydrogen) atoms. The molecule has 2 rings (SSSR count). The average molecular weight is 269 g/mol. The summed E-state index contributed by atoms with van der Waals surface area (Å²) in [4.78, 5) is 4.00. The van der Waals surface area contributed by atoms with Gasteiger partial charge in [-0.05, 0) is 32.3 Å². The van der Waals surface area contributed by atoms with Crippen LogP contribution in [-0.2, 0) is 10.0 Å². The van der Waals surface area contributed by atoms with Crippen molar-refractivity contribution in [2.75, 3.05) is 5.73 Å². The Morgan fingerprint density at radius 1 is 1.50 bits per heavy atom. The molecule has 2 N–H and O–H groups in total. The van der Waals surface area contributed by atoms with Crippen molar-refractivity contribution in [2.45, 2.75) is 50.1 Å². The molecule has 0 aromatic carbocycles. The van der Waals surface area contributed by atoms with Gasteiger partial charge in [-0.1, -0.05) is 6.92 Å². The van der Waals surface area contributed by atoms with Crippen molar-refractivity contribution in [1.29, 1.82) is 0 Å². The van der Waals surface area contributed by atoms with Crippen molar-refractivity contribution in [2.24, 2.45) is 0 Å². The number of nitrogens with zero attached hydrogens (tertiary/aromatic N) is 2. The summed E-state index contributed by atoms with van der Waals surface area (Å²) in [5.74, 6) is 0. The van der Waals surface area contributed by atoms with Gasteiger partial charge in [-0.15, -0.1) is 0 Å². The van der Waals surface area contributed by atoms with Crippen LogP contribution in [0, 0.1) is 0 Å². The fourth-order valence-electron chi connectivity index (χ4n) is 2.59. The quantitative estimate of drug-likeness (QED) is 0.904. The first kappa shape index (κ1) is 13.3. The molecule has 2 atom stereocenters. The molecule has 1 aliphatic heterocycles. The van der Waals surface area contributed by atoms with Crippen LogP contribution >= 0.6 is 0 Å². The molecule has 0 saturated carbocycles. The van der Waals surface area contributed by atoms with Gasteiger partial charge in [0.2, 0.25) is 10.0 Å². The highest BCUT2D eigenvalue weighted by Crippen LogP contribution is 2.33. The number of nitrogens with two attached hydrogens (primary N) is 1. The number of aromatic nitrogens is 1. The molecule has 0 aliphatic carbocycles. The number of sulfonamides is 1. The van der Waals surface area contributed by atoms with Gasteiger partial charge in [0.15, 0.2) is 0 Å². The standard InChI is InChI=1S/C12H19N3O2S/c1-3-10-5-4-9(2)15(10)18(16,17)12-8-14-7-6-11(12)13/h6-10H,3-5H2,1-2H3,(H2,13,14). The summed E-state index contributed by atoms with van der Waals surface area (Å²) in [6.45, 7) is 3.96. The van der Waals surface area contributed by atoms with Gasteiger partial charge in [0.05, 0.1) is 5.69 Å². The van der Waals surface area contributed by atoms with Crippen molar-refractivity contribution >= 4 is 15.7 Å². The zero-order valence-electron chi connectivity index (χ0n) is 10.7. The molecule has 0 amide bonds. The number of hydrogen-bond acceptors (Lipinski definition) is 4. The van der Waals surface area contributed by atoms with E-state index in [9.17, 15) is 8.42 Å². The zero-order chi connectivity index (χ0) is 13.3. The highest BCUT2D eigenvalue weighted by Gasteiger charge is 2.39. The van der Waals surface area contributed by atoms with E-state index in [1.165, 1.54) is 18.5 Å². The van der Waals surface area contributed by atoms with Crippen molar-refractivity contribution in [3.05, 3.63) is 18.5 Å². The molecular weight excluding hydrogens is 250 g/mol. The Kier molecular flexibility index (Phi) is 3.59. The van der Waals surface area contributed by atoms with E-state index in [1.807, 2.05) is 13.8 Å². The number of pyridine rings is 1. The Bertz CT molecular complexity index is 530. The molecule has 0 bridgehead atoms. The van der Waals surface area contributed by atoms with Crippen LogP contribution in [0.15, 0.2) is 23.4 Å². The van der Waals surface area contributed by atoms with Gasteiger partial charge in [-0.3, -0.25) is 4.98 Å². The van der Waals surface area contributed by atoms with Crippen LogP contribution in [0.25, 0.3) is 0 Å². The molecule has 2 heterocycles. The normalized spacial score (nSPS) is 25.4. The highest BCUT2D eigenvalue weighted by molar-refractivity contribution is 7.89. The van der Waals surface area contributed by atoms with E-state index >= 15 is 0 Å². The Hall–Kier alpha value is -1.14. The molecule has 1 aromatic heterocycles. The summed E-state index contributed by atoms with van der Waals surface area (Å²) in [6, 6.07) is 1.62. The second-order valence-electron chi connectivity index (χ2n) is 4.74. The lowest BCUT2D eigenvalue weighted by molar-refractivity contribution is 0.329. The SMILES string of the molecule is CCC1CCC(C)N1S(=O)(=O)c1cnccc1N. The topological polar surface area (TPSA) is 76.3 Å². The number of hydrogen-bond donors (Lipinski definition) is 1. The Balaban J connectivity index is 2.46. The first-order valence-electron chi connectivity index (χ1n) is 6.21. The lowest BCUT2D eigenvalue weighted by Gasteiger charge is -2.27. The van der Waals surface area contributed by atoms with E-state index in [2.05, 4.69) is 4.98 Å². The van der Waals surface area contributed by atoms with E-state index in [-0.39, 0.29) is 22.7 Å². The van der Waals surface area contributed by atoms with Crippen molar-refractivity contribution < 1.29 is 8.42 Å². The lowest BCUT2D eigenvalue weighted by atomic mass is 10.2. The Labute approximate surface area is 108 Å². The molecule has 1 aromatic rings. The first-order valence-corrected chi connectivity index (χ1v) is 7.65. The van der Waals surface area contributed by atoms with Crippen molar-refractivity contribution in [3.63, 3.8) is 0 Å². The van der Waals surface area contributed by atoms with Crippen LogP contribution in [0.2, 0.25) is 0 Å². The lowest BCUT2D eigenvalue weighted by Crippen LogP contribution is -2.39. The molecule has 1 fully saturated rings. The number of anilines is 1. The molecule has 2 unspecified atom stereocenters. The third-order valence-electron chi connectivity index (χ3n) is 3.56. The number of nitrogen functional groups attached to an aromatic ring is 1. The number of rotatable bonds is 3. The van der Waals surface area contributed by atoms with E-state index in [0.717, 1.165) is 19.3 Å².